The quantitative estimate of drug-likeness (QED) is 0.842. The number of hydrogen-bond donors (Lipinski definition) is 2. The Morgan fingerprint density at radius 3 is 2.44 bits per heavy atom. The molecule has 2 N–H and O–H groups in total. The largest absolute Gasteiger partial charge is 0.497 e. The molecular formula is C15H23NO2. The highest BCUT2D eigenvalue weighted by Gasteiger charge is 2.25. The van der Waals surface area contributed by atoms with Crippen molar-refractivity contribution in [1.29, 1.82) is 0 Å². The maximum absolute atomic E-state index is 10.5. The second kappa shape index (κ2) is 5.72. The topological polar surface area (TPSA) is 41.5 Å². The van der Waals surface area contributed by atoms with E-state index in [1.165, 1.54) is 25.7 Å². The Bertz CT molecular complexity index is 367. The molecule has 3 nitrogen and oxygen atoms in total. The van der Waals surface area contributed by atoms with Gasteiger partial charge in [0.2, 0.25) is 0 Å². The van der Waals surface area contributed by atoms with E-state index in [2.05, 4.69) is 5.32 Å². The van der Waals surface area contributed by atoms with E-state index in [9.17, 15) is 5.11 Å². The van der Waals surface area contributed by atoms with Gasteiger partial charge in [-0.2, -0.15) is 0 Å². The van der Waals surface area contributed by atoms with Crippen LogP contribution in [0, 0.1) is 0 Å². The molecule has 1 aromatic carbocycles. The lowest BCUT2D eigenvalue weighted by Crippen LogP contribution is -2.39. The lowest BCUT2D eigenvalue weighted by Gasteiger charge is -2.26. The Labute approximate surface area is 109 Å². The summed E-state index contributed by atoms with van der Waals surface area (Å²) in [5.41, 5.74) is 0.100. The number of nitrogens with one attached hydrogen (secondary N) is 1. The molecule has 0 aromatic heterocycles. The Morgan fingerprint density at radius 2 is 1.89 bits per heavy atom. The lowest BCUT2D eigenvalue weighted by atomic mass is 9.95. The van der Waals surface area contributed by atoms with Crippen molar-refractivity contribution in [3.05, 3.63) is 29.8 Å². The highest BCUT2D eigenvalue weighted by Crippen LogP contribution is 2.24. The Kier molecular flexibility index (Phi) is 4.25. The molecule has 1 aromatic rings. The van der Waals surface area contributed by atoms with Crippen LogP contribution >= 0.6 is 0 Å². The van der Waals surface area contributed by atoms with E-state index < -0.39 is 5.60 Å². The van der Waals surface area contributed by atoms with Crippen LogP contribution in [0.15, 0.2) is 24.3 Å². The summed E-state index contributed by atoms with van der Waals surface area (Å²) >= 11 is 0. The average molecular weight is 249 g/mol. The van der Waals surface area contributed by atoms with Crippen molar-refractivity contribution in [3.63, 3.8) is 0 Å². The van der Waals surface area contributed by atoms with Crippen molar-refractivity contribution in [2.24, 2.45) is 0 Å². The molecule has 1 unspecified atom stereocenters. The van der Waals surface area contributed by atoms with Gasteiger partial charge >= 0.3 is 0 Å². The molecule has 3 heteroatoms. The third-order valence-electron chi connectivity index (χ3n) is 3.80. The van der Waals surface area contributed by atoms with Gasteiger partial charge < -0.3 is 15.2 Å². The van der Waals surface area contributed by atoms with Crippen LogP contribution in [-0.2, 0) is 5.60 Å². The predicted molar refractivity (Wildman–Crippen MR) is 72.8 cm³/mol. The van der Waals surface area contributed by atoms with Gasteiger partial charge in [-0.25, -0.2) is 0 Å². The van der Waals surface area contributed by atoms with Crippen molar-refractivity contribution in [2.75, 3.05) is 13.7 Å². The first kappa shape index (κ1) is 13.4. The van der Waals surface area contributed by atoms with Gasteiger partial charge in [-0.3, -0.25) is 0 Å². The standard InChI is InChI=1S/C15H23NO2/c1-15(17,11-16-13-5-3-4-6-13)12-7-9-14(18-2)10-8-12/h7-10,13,16-17H,3-6,11H2,1-2H3. The van der Waals surface area contributed by atoms with Gasteiger partial charge in [0.1, 0.15) is 5.75 Å². The highest BCUT2D eigenvalue weighted by atomic mass is 16.5. The molecule has 0 spiro atoms. The average Bonchev–Trinajstić information content (AvgIpc) is 2.90. The molecule has 2 rings (SSSR count). The summed E-state index contributed by atoms with van der Waals surface area (Å²) in [5, 5.41) is 14.0. The molecule has 0 heterocycles. The van der Waals surface area contributed by atoms with Crippen LogP contribution < -0.4 is 10.1 Å². The van der Waals surface area contributed by atoms with Crippen LogP contribution in [0.5, 0.6) is 5.75 Å². The molecule has 0 aliphatic heterocycles. The van der Waals surface area contributed by atoms with Crippen molar-refractivity contribution in [3.8, 4) is 5.75 Å². The van der Waals surface area contributed by atoms with Gasteiger partial charge in [-0.1, -0.05) is 25.0 Å². The maximum atomic E-state index is 10.5. The Balaban J connectivity index is 1.95. The SMILES string of the molecule is COc1ccc(C(C)(O)CNC2CCCC2)cc1. The van der Waals surface area contributed by atoms with Gasteiger partial charge in [-0.15, -0.1) is 0 Å². The van der Waals surface area contributed by atoms with Gasteiger partial charge in [-0.05, 0) is 37.5 Å². The minimum absolute atomic E-state index is 0.578. The molecule has 100 valence electrons. The van der Waals surface area contributed by atoms with Crippen LogP contribution in [0.3, 0.4) is 0 Å². The third kappa shape index (κ3) is 3.24. The predicted octanol–water partition coefficient (Wildman–Crippen LogP) is 2.43. The first-order chi connectivity index (χ1) is 8.62. The molecule has 1 fully saturated rings. The minimum atomic E-state index is -0.825. The molecule has 0 saturated heterocycles. The van der Waals surface area contributed by atoms with Crippen LogP contribution in [0.4, 0.5) is 0 Å². The van der Waals surface area contributed by atoms with E-state index in [1.807, 2.05) is 31.2 Å². The monoisotopic (exact) mass is 249 g/mol. The first-order valence-electron chi connectivity index (χ1n) is 6.72. The third-order valence-corrected chi connectivity index (χ3v) is 3.80. The number of benzene rings is 1. The molecule has 0 amide bonds. The molecule has 1 aliphatic rings. The van der Waals surface area contributed by atoms with Crippen LogP contribution in [0.2, 0.25) is 0 Å². The summed E-state index contributed by atoms with van der Waals surface area (Å²) in [7, 11) is 1.65. The fourth-order valence-electron chi connectivity index (χ4n) is 2.53. The smallest absolute Gasteiger partial charge is 0.118 e. The fourth-order valence-corrected chi connectivity index (χ4v) is 2.53. The fraction of sp³-hybridized carbons (Fsp3) is 0.600. The van der Waals surface area contributed by atoms with Crippen LogP contribution in [0.1, 0.15) is 38.2 Å². The van der Waals surface area contributed by atoms with Gasteiger partial charge in [0.15, 0.2) is 0 Å². The molecule has 1 aliphatic carbocycles. The van der Waals surface area contributed by atoms with E-state index in [0.29, 0.717) is 12.6 Å². The molecule has 0 bridgehead atoms. The van der Waals surface area contributed by atoms with E-state index in [4.69, 9.17) is 4.74 Å². The summed E-state index contributed by atoms with van der Waals surface area (Å²) in [6, 6.07) is 8.21. The zero-order chi connectivity index (χ0) is 13.0. The normalized spacial score (nSPS) is 19.7. The van der Waals surface area contributed by atoms with E-state index in [1.54, 1.807) is 7.11 Å². The minimum Gasteiger partial charge on any atom is -0.497 e. The molecule has 1 saturated carbocycles. The molecular weight excluding hydrogens is 226 g/mol. The molecule has 1 atom stereocenters. The van der Waals surface area contributed by atoms with E-state index in [-0.39, 0.29) is 0 Å². The Morgan fingerprint density at radius 1 is 1.28 bits per heavy atom. The molecule has 0 radical (unpaired) electrons. The highest BCUT2D eigenvalue weighted by molar-refractivity contribution is 5.30. The zero-order valence-electron chi connectivity index (χ0n) is 11.3. The van der Waals surface area contributed by atoms with Crippen LogP contribution in [-0.4, -0.2) is 24.8 Å². The lowest BCUT2D eigenvalue weighted by molar-refractivity contribution is 0.0539. The van der Waals surface area contributed by atoms with Crippen molar-refractivity contribution < 1.29 is 9.84 Å². The van der Waals surface area contributed by atoms with Gasteiger partial charge in [0.05, 0.1) is 12.7 Å². The van der Waals surface area contributed by atoms with Crippen molar-refractivity contribution in [1.82, 2.24) is 5.32 Å². The van der Waals surface area contributed by atoms with E-state index in [0.717, 1.165) is 11.3 Å². The van der Waals surface area contributed by atoms with Crippen molar-refractivity contribution in [2.45, 2.75) is 44.2 Å². The van der Waals surface area contributed by atoms with Gasteiger partial charge in [0, 0.05) is 12.6 Å². The number of methoxy groups -OCH3 is 1. The zero-order valence-corrected chi connectivity index (χ0v) is 11.3. The van der Waals surface area contributed by atoms with Gasteiger partial charge in [0.25, 0.3) is 0 Å². The Hall–Kier alpha value is -1.06. The van der Waals surface area contributed by atoms with Crippen molar-refractivity contribution >= 4 is 0 Å². The summed E-state index contributed by atoms with van der Waals surface area (Å²) < 4.78 is 5.13. The summed E-state index contributed by atoms with van der Waals surface area (Å²) in [5.74, 6) is 0.818. The number of ether oxygens (including phenoxy) is 1. The summed E-state index contributed by atoms with van der Waals surface area (Å²) in [6.45, 7) is 2.46. The molecule has 18 heavy (non-hydrogen) atoms. The summed E-state index contributed by atoms with van der Waals surface area (Å²) in [4.78, 5) is 0. The summed E-state index contributed by atoms with van der Waals surface area (Å²) in [6.07, 6.45) is 5.09. The van der Waals surface area contributed by atoms with Crippen LogP contribution in [0.25, 0.3) is 0 Å². The first-order valence-corrected chi connectivity index (χ1v) is 6.72. The maximum Gasteiger partial charge on any atom is 0.118 e. The number of hydrogen-bond acceptors (Lipinski definition) is 3. The van der Waals surface area contributed by atoms with E-state index >= 15 is 0 Å². The number of rotatable bonds is 5. The number of aliphatic hydroxyl groups is 1. The second-order valence-corrected chi connectivity index (χ2v) is 5.36. The second-order valence-electron chi connectivity index (χ2n) is 5.36.